The highest BCUT2D eigenvalue weighted by Gasteiger charge is 2.27. The van der Waals surface area contributed by atoms with E-state index in [2.05, 4.69) is 20.4 Å². The van der Waals surface area contributed by atoms with Crippen molar-refractivity contribution in [2.24, 2.45) is 0 Å². The zero-order valence-electron chi connectivity index (χ0n) is 20.0. The molecule has 184 valence electrons. The van der Waals surface area contributed by atoms with Gasteiger partial charge in [0.25, 0.3) is 0 Å². The summed E-state index contributed by atoms with van der Waals surface area (Å²) in [6.07, 6.45) is 2.63. The number of rotatable bonds is 7. The van der Waals surface area contributed by atoms with Crippen LogP contribution >= 0.6 is 0 Å². The molecule has 0 aromatic heterocycles. The summed E-state index contributed by atoms with van der Waals surface area (Å²) in [5.74, 6) is -0.165. The van der Waals surface area contributed by atoms with Crippen LogP contribution in [0.2, 0.25) is 0 Å². The molecule has 0 unspecified atom stereocenters. The number of benzene rings is 1. The molecule has 0 aliphatic carbocycles. The molecule has 3 rings (SSSR count). The minimum atomic E-state index is -3.52. The fourth-order valence-corrected chi connectivity index (χ4v) is 5.78. The largest absolute Gasteiger partial charge is 0.350 e. The van der Waals surface area contributed by atoms with E-state index in [1.54, 1.807) is 18.2 Å². The lowest BCUT2D eigenvalue weighted by Crippen LogP contribution is -2.46. The van der Waals surface area contributed by atoms with Gasteiger partial charge in [-0.15, -0.1) is 0 Å². The second kappa shape index (κ2) is 10.9. The zero-order chi connectivity index (χ0) is 24.1. The van der Waals surface area contributed by atoms with Gasteiger partial charge in [-0.05, 0) is 71.3 Å². The maximum Gasteiger partial charge on any atom is 0.243 e. The lowest BCUT2D eigenvalue weighted by molar-refractivity contribution is -0.123. The van der Waals surface area contributed by atoms with E-state index in [1.807, 2.05) is 20.8 Å². The van der Waals surface area contributed by atoms with Crippen molar-refractivity contribution in [3.63, 3.8) is 0 Å². The summed E-state index contributed by atoms with van der Waals surface area (Å²) in [5, 5.41) is 5.83. The van der Waals surface area contributed by atoms with E-state index >= 15 is 0 Å². The predicted molar refractivity (Wildman–Crippen MR) is 128 cm³/mol. The first-order valence-corrected chi connectivity index (χ1v) is 13.1. The number of hydrogen-bond acceptors (Lipinski definition) is 6. The molecule has 2 saturated heterocycles. The Morgan fingerprint density at radius 2 is 1.48 bits per heavy atom. The quantitative estimate of drug-likeness (QED) is 0.612. The van der Waals surface area contributed by atoms with Crippen LogP contribution in [0.15, 0.2) is 29.2 Å². The van der Waals surface area contributed by atoms with Crippen LogP contribution in [0.25, 0.3) is 0 Å². The van der Waals surface area contributed by atoms with Gasteiger partial charge < -0.3 is 10.6 Å². The van der Waals surface area contributed by atoms with Crippen molar-refractivity contribution in [3.05, 3.63) is 24.3 Å². The number of carbonyl (C=O) groups excluding carboxylic acids is 2. The van der Waals surface area contributed by atoms with Crippen LogP contribution in [0, 0.1) is 0 Å². The van der Waals surface area contributed by atoms with Crippen LogP contribution in [0.4, 0.5) is 5.69 Å². The minimum Gasteiger partial charge on any atom is -0.350 e. The summed E-state index contributed by atoms with van der Waals surface area (Å²) in [7, 11) is -3.52. The Balaban J connectivity index is 1.50. The summed E-state index contributed by atoms with van der Waals surface area (Å²) in [6, 6.07) is 6.47. The third-order valence-electron chi connectivity index (χ3n) is 5.75. The molecule has 0 saturated carbocycles. The van der Waals surface area contributed by atoms with Crippen LogP contribution in [-0.4, -0.2) is 92.2 Å². The topological polar surface area (TPSA) is 102 Å². The molecule has 33 heavy (non-hydrogen) atoms. The molecule has 0 atom stereocenters. The van der Waals surface area contributed by atoms with Crippen LogP contribution in [0.5, 0.6) is 0 Å². The maximum absolute atomic E-state index is 12.8. The van der Waals surface area contributed by atoms with Crippen molar-refractivity contribution in [1.82, 2.24) is 19.4 Å². The Morgan fingerprint density at radius 1 is 0.879 bits per heavy atom. The highest BCUT2D eigenvalue weighted by molar-refractivity contribution is 7.89. The third-order valence-corrected chi connectivity index (χ3v) is 7.65. The second-order valence-corrected chi connectivity index (χ2v) is 11.8. The second-order valence-electron chi connectivity index (χ2n) is 9.89. The van der Waals surface area contributed by atoms with Crippen LogP contribution in [0.1, 0.15) is 40.0 Å². The molecule has 2 fully saturated rings. The average molecular weight is 480 g/mol. The maximum atomic E-state index is 12.8. The standard InChI is InChI=1S/C23H37N5O4S/c1-23(2,3)25-22(30)18-27-11-7-10-26(14-15-27)17-21(29)24-19-8-6-9-20(16-19)33(31,32)28-12-4-5-13-28/h6,8-9,16H,4-5,7,10-15,17-18H2,1-3H3,(H,24,29)(H,25,30). The Morgan fingerprint density at radius 3 is 2.09 bits per heavy atom. The monoisotopic (exact) mass is 479 g/mol. The minimum absolute atomic E-state index is 0.0115. The third kappa shape index (κ3) is 7.77. The number of carbonyl (C=O) groups is 2. The van der Waals surface area contributed by atoms with Crippen molar-refractivity contribution in [2.75, 3.05) is 57.7 Å². The van der Waals surface area contributed by atoms with Gasteiger partial charge in [0.15, 0.2) is 0 Å². The molecule has 2 heterocycles. The fourth-order valence-electron chi connectivity index (χ4n) is 4.22. The van der Waals surface area contributed by atoms with Gasteiger partial charge in [-0.3, -0.25) is 19.4 Å². The van der Waals surface area contributed by atoms with E-state index in [4.69, 9.17) is 0 Å². The van der Waals surface area contributed by atoms with Gasteiger partial charge in [0.05, 0.1) is 18.0 Å². The molecule has 2 N–H and O–H groups in total. The van der Waals surface area contributed by atoms with Crippen molar-refractivity contribution in [3.8, 4) is 0 Å². The summed E-state index contributed by atoms with van der Waals surface area (Å²) in [5.41, 5.74) is 0.230. The highest BCUT2D eigenvalue weighted by Crippen LogP contribution is 2.23. The number of nitrogens with zero attached hydrogens (tertiary/aromatic N) is 3. The van der Waals surface area contributed by atoms with Gasteiger partial charge >= 0.3 is 0 Å². The predicted octanol–water partition coefficient (Wildman–Crippen LogP) is 1.33. The van der Waals surface area contributed by atoms with E-state index in [1.165, 1.54) is 10.4 Å². The van der Waals surface area contributed by atoms with Gasteiger partial charge in [0, 0.05) is 37.4 Å². The smallest absolute Gasteiger partial charge is 0.243 e. The normalized spacial score (nSPS) is 19.2. The van der Waals surface area contributed by atoms with Gasteiger partial charge in [0.1, 0.15) is 0 Å². The molecule has 2 aliphatic rings. The molecule has 1 aromatic carbocycles. The summed E-state index contributed by atoms with van der Waals surface area (Å²) in [4.78, 5) is 29.2. The van der Waals surface area contributed by atoms with Crippen molar-refractivity contribution >= 4 is 27.5 Å². The van der Waals surface area contributed by atoms with Gasteiger partial charge in [0.2, 0.25) is 21.8 Å². The first kappa shape index (κ1) is 25.6. The molecule has 10 heteroatoms. The zero-order valence-corrected chi connectivity index (χ0v) is 20.8. The first-order chi connectivity index (χ1) is 15.5. The lowest BCUT2D eigenvalue weighted by atomic mass is 10.1. The molecule has 0 spiro atoms. The number of sulfonamides is 1. The molecule has 2 amide bonds. The molecule has 0 radical (unpaired) electrons. The number of anilines is 1. The Kier molecular flexibility index (Phi) is 8.49. The number of amides is 2. The van der Waals surface area contributed by atoms with Crippen LogP contribution in [-0.2, 0) is 19.6 Å². The molecule has 1 aromatic rings. The van der Waals surface area contributed by atoms with Crippen molar-refractivity contribution < 1.29 is 18.0 Å². The molecular formula is C23H37N5O4S. The van der Waals surface area contributed by atoms with E-state index in [0.717, 1.165) is 32.4 Å². The number of nitrogens with one attached hydrogen (secondary N) is 2. The Hall–Kier alpha value is -2.01. The first-order valence-electron chi connectivity index (χ1n) is 11.7. The highest BCUT2D eigenvalue weighted by atomic mass is 32.2. The summed E-state index contributed by atoms with van der Waals surface area (Å²) < 4.78 is 27.1. The fraction of sp³-hybridized carbons (Fsp3) is 0.652. The van der Waals surface area contributed by atoms with E-state index in [0.29, 0.717) is 38.4 Å². The van der Waals surface area contributed by atoms with Gasteiger partial charge in [-0.25, -0.2) is 8.42 Å². The SMILES string of the molecule is CC(C)(C)NC(=O)CN1CCCN(CC(=O)Nc2cccc(S(=O)(=O)N3CCCC3)c2)CC1. The average Bonchev–Trinajstić information content (AvgIpc) is 3.18. The summed E-state index contributed by atoms with van der Waals surface area (Å²) >= 11 is 0. The Labute approximate surface area is 197 Å². The number of hydrogen-bond donors (Lipinski definition) is 2. The van der Waals surface area contributed by atoms with E-state index in [9.17, 15) is 18.0 Å². The molecule has 2 aliphatic heterocycles. The van der Waals surface area contributed by atoms with Gasteiger partial charge in [-0.1, -0.05) is 6.07 Å². The van der Waals surface area contributed by atoms with Crippen LogP contribution < -0.4 is 10.6 Å². The lowest BCUT2D eigenvalue weighted by Gasteiger charge is -2.25. The summed E-state index contributed by atoms with van der Waals surface area (Å²) in [6.45, 7) is 10.6. The van der Waals surface area contributed by atoms with Crippen LogP contribution in [0.3, 0.4) is 0 Å². The molecule has 0 bridgehead atoms. The van der Waals surface area contributed by atoms with Crippen molar-refractivity contribution in [1.29, 1.82) is 0 Å². The molecular weight excluding hydrogens is 442 g/mol. The van der Waals surface area contributed by atoms with Gasteiger partial charge in [-0.2, -0.15) is 4.31 Å². The molecule has 9 nitrogen and oxygen atoms in total. The van der Waals surface area contributed by atoms with Crippen molar-refractivity contribution in [2.45, 2.75) is 50.5 Å². The van der Waals surface area contributed by atoms with E-state index in [-0.39, 0.29) is 28.8 Å². The Bertz CT molecular complexity index is 938. The van der Waals surface area contributed by atoms with E-state index < -0.39 is 10.0 Å².